The molecule has 0 aliphatic carbocycles. The summed E-state index contributed by atoms with van der Waals surface area (Å²) in [4.78, 5) is 15.3. The predicted molar refractivity (Wildman–Crippen MR) is 74.6 cm³/mol. The lowest BCUT2D eigenvalue weighted by molar-refractivity contribution is -0.131. The first kappa shape index (κ1) is 13.6. The van der Waals surface area contributed by atoms with Gasteiger partial charge in [-0.05, 0) is 30.3 Å². The molecule has 0 unspecified atom stereocenters. The lowest BCUT2D eigenvalue weighted by Crippen LogP contribution is -1.93. The van der Waals surface area contributed by atoms with Crippen LogP contribution in [0.4, 0.5) is 0 Å². The lowest BCUT2D eigenvalue weighted by atomic mass is 10.3. The Morgan fingerprint density at radius 1 is 1.42 bits per heavy atom. The fourth-order valence-electron chi connectivity index (χ4n) is 1.30. The third-order valence-electron chi connectivity index (χ3n) is 2.14. The molecule has 2 aromatic rings. The van der Waals surface area contributed by atoms with Crippen molar-refractivity contribution in [3.05, 3.63) is 51.4 Å². The summed E-state index contributed by atoms with van der Waals surface area (Å²) in [6, 6.07) is 7.06. The Morgan fingerprint density at radius 3 is 2.84 bits per heavy atom. The van der Waals surface area contributed by atoms with E-state index in [1.54, 1.807) is 30.5 Å². The van der Waals surface area contributed by atoms with Crippen molar-refractivity contribution in [2.45, 2.75) is 6.61 Å². The van der Waals surface area contributed by atoms with Crippen LogP contribution in [0.1, 0.15) is 9.88 Å². The molecular weight excluding hydrogens is 286 g/mol. The van der Waals surface area contributed by atoms with Gasteiger partial charge >= 0.3 is 5.97 Å². The molecule has 0 radical (unpaired) electrons. The molecule has 1 aromatic heterocycles. The highest BCUT2D eigenvalue weighted by Gasteiger charge is 2.01. The minimum Gasteiger partial charge on any atom is -0.486 e. The summed E-state index contributed by atoms with van der Waals surface area (Å²) in [6.45, 7) is 0.340. The van der Waals surface area contributed by atoms with Crippen LogP contribution in [0.2, 0.25) is 5.02 Å². The molecule has 0 aliphatic rings. The molecule has 1 heterocycles. The number of rotatable bonds is 5. The summed E-state index contributed by atoms with van der Waals surface area (Å²) in [7, 11) is 0. The average Bonchev–Trinajstić information content (AvgIpc) is 2.84. The third kappa shape index (κ3) is 4.39. The Morgan fingerprint density at radius 2 is 2.16 bits per heavy atom. The van der Waals surface area contributed by atoms with Crippen molar-refractivity contribution in [1.82, 2.24) is 4.98 Å². The first-order valence-corrected chi connectivity index (χ1v) is 6.57. The maximum atomic E-state index is 10.4. The summed E-state index contributed by atoms with van der Waals surface area (Å²) >= 11 is 7.16. The zero-order chi connectivity index (χ0) is 13.7. The van der Waals surface area contributed by atoms with Crippen LogP contribution >= 0.6 is 22.9 Å². The number of nitrogens with zero attached hydrogens (tertiary/aromatic N) is 1. The van der Waals surface area contributed by atoms with Crippen LogP contribution in [0, 0.1) is 0 Å². The number of carbonyl (C=O) groups is 1. The molecule has 0 saturated carbocycles. The van der Waals surface area contributed by atoms with Gasteiger partial charge in [-0.25, -0.2) is 9.78 Å². The van der Waals surface area contributed by atoms with Gasteiger partial charge in [-0.1, -0.05) is 11.6 Å². The van der Waals surface area contributed by atoms with Gasteiger partial charge in [-0.3, -0.25) is 0 Å². The molecule has 0 bridgehead atoms. The van der Waals surface area contributed by atoms with E-state index in [4.69, 9.17) is 21.4 Å². The monoisotopic (exact) mass is 295 g/mol. The van der Waals surface area contributed by atoms with E-state index in [9.17, 15) is 4.79 Å². The van der Waals surface area contributed by atoms with Crippen molar-refractivity contribution >= 4 is 35.0 Å². The summed E-state index contributed by atoms with van der Waals surface area (Å²) in [5, 5.41) is 9.95. The number of aromatic nitrogens is 1. The number of halogens is 1. The van der Waals surface area contributed by atoms with Gasteiger partial charge in [-0.2, -0.15) is 0 Å². The minimum atomic E-state index is -0.979. The normalized spacial score (nSPS) is 10.8. The fraction of sp³-hybridized carbons (Fsp3) is 0.0769. The second kappa shape index (κ2) is 6.36. The van der Waals surface area contributed by atoms with Gasteiger partial charge < -0.3 is 9.84 Å². The minimum absolute atomic E-state index is 0.340. The van der Waals surface area contributed by atoms with Crippen LogP contribution in [0.5, 0.6) is 5.75 Å². The molecule has 0 saturated heterocycles. The Hall–Kier alpha value is -1.85. The molecular formula is C13H10ClNO3S. The first-order chi connectivity index (χ1) is 9.13. The smallest absolute Gasteiger partial charge is 0.328 e. The molecule has 19 heavy (non-hydrogen) atoms. The van der Waals surface area contributed by atoms with Crippen LogP contribution in [0.3, 0.4) is 0 Å². The summed E-state index contributed by atoms with van der Waals surface area (Å²) < 4.78 is 5.53. The maximum Gasteiger partial charge on any atom is 0.328 e. The molecule has 4 nitrogen and oxygen atoms in total. The highest BCUT2D eigenvalue weighted by molar-refractivity contribution is 7.12. The highest BCUT2D eigenvalue weighted by atomic mass is 35.5. The number of ether oxygens (including phenoxy) is 1. The second-order valence-corrected chi connectivity index (χ2v) is 5.15. The van der Waals surface area contributed by atoms with Crippen molar-refractivity contribution in [2.75, 3.05) is 0 Å². The number of thiazole rings is 1. The van der Waals surface area contributed by atoms with Gasteiger partial charge in [0.2, 0.25) is 0 Å². The first-order valence-electron chi connectivity index (χ1n) is 5.37. The van der Waals surface area contributed by atoms with Crippen LogP contribution in [-0.4, -0.2) is 16.1 Å². The largest absolute Gasteiger partial charge is 0.486 e. The van der Waals surface area contributed by atoms with Gasteiger partial charge in [-0.15, -0.1) is 11.3 Å². The number of carboxylic acid groups (broad SMARTS) is 1. The van der Waals surface area contributed by atoms with Crippen LogP contribution in [0.15, 0.2) is 36.5 Å². The quantitative estimate of drug-likeness (QED) is 0.858. The van der Waals surface area contributed by atoms with Gasteiger partial charge in [0.15, 0.2) is 0 Å². The Kier molecular flexibility index (Phi) is 4.54. The van der Waals surface area contributed by atoms with E-state index in [-0.39, 0.29) is 0 Å². The van der Waals surface area contributed by atoms with Crippen LogP contribution in [0.25, 0.3) is 6.08 Å². The molecule has 1 aromatic carbocycles. The fourth-order valence-corrected chi connectivity index (χ4v) is 2.16. The summed E-state index contributed by atoms with van der Waals surface area (Å²) in [6.07, 6.45) is 4.20. The van der Waals surface area contributed by atoms with Crippen molar-refractivity contribution in [3.8, 4) is 5.75 Å². The third-order valence-corrected chi connectivity index (χ3v) is 3.33. The number of aliphatic carboxylic acids is 1. The molecule has 0 fully saturated rings. The predicted octanol–water partition coefficient (Wildman–Crippen LogP) is 3.47. The van der Waals surface area contributed by atoms with E-state index in [1.807, 2.05) is 0 Å². The number of hydrogen-bond acceptors (Lipinski definition) is 4. The summed E-state index contributed by atoms with van der Waals surface area (Å²) in [5.41, 5.74) is 0. The van der Waals surface area contributed by atoms with Gasteiger partial charge in [0.25, 0.3) is 0 Å². The van der Waals surface area contributed by atoms with Crippen molar-refractivity contribution in [3.63, 3.8) is 0 Å². The zero-order valence-electron chi connectivity index (χ0n) is 9.75. The van der Waals surface area contributed by atoms with E-state index >= 15 is 0 Å². The Labute approximate surface area is 118 Å². The zero-order valence-corrected chi connectivity index (χ0v) is 11.3. The molecule has 0 atom stereocenters. The highest BCUT2D eigenvalue weighted by Crippen LogP contribution is 2.19. The topological polar surface area (TPSA) is 59.4 Å². The number of hydrogen-bond donors (Lipinski definition) is 1. The van der Waals surface area contributed by atoms with E-state index in [0.717, 1.165) is 16.0 Å². The van der Waals surface area contributed by atoms with Gasteiger partial charge in [0, 0.05) is 22.2 Å². The van der Waals surface area contributed by atoms with Crippen molar-refractivity contribution in [2.24, 2.45) is 0 Å². The molecule has 0 amide bonds. The van der Waals surface area contributed by atoms with E-state index < -0.39 is 5.97 Å². The van der Waals surface area contributed by atoms with E-state index in [0.29, 0.717) is 17.4 Å². The van der Waals surface area contributed by atoms with Crippen LogP contribution in [-0.2, 0) is 11.4 Å². The van der Waals surface area contributed by atoms with Crippen molar-refractivity contribution in [1.29, 1.82) is 0 Å². The SMILES string of the molecule is O=C(O)/C=C/c1cnc(COc2ccc(Cl)cc2)s1. The van der Waals surface area contributed by atoms with E-state index in [2.05, 4.69) is 4.98 Å². The van der Waals surface area contributed by atoms with Crippen LogP contribution < -0.4 is 4.74 Å². The van der Waals surface area contributed by atoms with E-state index in [1.165, 1.54) is 17.4 Å². The second-order valence-electron chi connectivity index (χ2n) is 3.57. The molecule has 0 aliphatic heterocycles. The Bertz CT molecular complexity index is 592. The molecule has 0 spiro atoms. The average molecular weight is 296 g/mol. The molecule has 98 valence electrons. The number of benzene rings is 1. The van der Waals surface area contributed by atoms with Crippen molar-refractivity contribution < 1.29 is 14.6 Å². The standard InChI is InChI=1S/C13H10ClNO3S/c14-9-1-3-10(4-2-9)18-8-12-15-7-11(19-12)5-6-13(16)17/h1-7H,8H2,(H,16,17)/b6-5+. The molecule has 6 heteroatoms. The molecule has 1 N–H and O–H groups in total. The van der Waals surface area contributed by atoms with Gasteiger partial charge in [0.1, 0.15) is 17.4 Å². The molecule has 2 rings (SSSR count). The number of carboxylic acids is 1. The summed E-state index contributed by atoms with van der Waals surface area (Å²) in [5.74, 6) is -0.269. The maximum absolute atomic E-state index is 10.4. The lowest BCUT2D eigenvalue weighted by Gasteiger charge is -2.03. The Balaban J connectivity index is 1.93. The van der Waals surface area contributed by atoms with Gasteiger partial charge in [0.05, 0.1) is 0 Å².